The van der Waals surface area contributed by atoms with Gasteiger partial charge in [0.05, 0.1) is 23.5 Å². The maximum absolute atomic E-state index is 13.7. The predicted octanol–water partition coefficient (Wildman–Crippen LogP) is 3.94. The molecule has 1 aliphatic rings. The maximum atomic E-state index is 13.7. The van der Waals surface area contributed by atoms with Gasteiger partial charge in [0.25, 0.3) is 5.91 Å². The molecular weight excluding hydrogens is 450 g/mol. The average Bonchev–Trinajstić information content (AvgIpc) is 3.12. The largest absolute Gasteiger partial charge is 0.350 e. The summed E-state index contributed by atoms with van der Waals surface area (Å²) in [7, 11) is -3.53. The molecule has 0 saturated heterocycles. The molecule has 0 aliphatic carbocycles. The van der Waals surface area contributed by atoms with E-state index in [1.807, 2.05) is 67.6 Å². The van der Waals surface area contributed by atoms with E-state index in [4.69, 9.17) is 0 Å². The zero-order valence-corrected chi connectivity index (χ0v) is 20.1. The molecule has 0 aromatic heterocycles. The number of nitrogens with zero attached hydrogens (tertiary/aromatic N) is 1. The summed E-state index contributed by atoms with van der Waals surface area (Å²) in [5.74, 6) is -0.595. The predicted molar refractivity (Wildman–Crippen MR) is 132 cm³/mol. The third kappa shape index (κ3) is 4.68. The number of hydrogen-bond donors (Lipinski definition) is 2. The molecule has 3 aromatic carbocycles. The van der Waals surface area contributed by atoms with Crippen LogP contribution in [0.3, 0.4) is 0 Å². The monoisotopic (exact) mass is 477 g/mol. The Kier molecular flexibility index (Phi) is 6.43. The second-order valence-corrected chi connectivity index (χ2v) is 10.2. The van der Waals surface area contributed by atoms with Crippen LogP contribution < -0.4 is 10.0 Å². The van der Waals surface area contributed by atoms with Gasteiger partial charge < -0.3 is 10.2 Å². The molecule has 0 bridgehead atoms. The Labute approximate surface area is 199 Å². The Bertz CT molecular complexity index is 1320. The number of anilines is 1. The van der Waals surface area contributed by atoms with Gasteiger partial charge in [-0.25, -0.2) is 8.42 Å². The number of hydrogen-bond acceptors (Lipinski definition) is 4. The number of fused-ring (bicyclic) bond motifs is 1. The van der Waals surface area contributed by atoms with Crippen molar-refractivity contribution in [3.8, 4) is 0 Å². The summed E-state index contributed by atoms with van der Waals surface area (Å²) in [6, 6.07) is 21.1. The summed E-state index contributed by atoms with van der Waals surface area (Å²) < 4.78 is 26.1. The highest BCUT2D eigenvalue weighted by atomic mass is 32.2. The quantitative estimate of drug-likeness (QED) is 0.539. The Hall–Kier alpha value is -3.65. The van der Waals surface area contributed by atoms with Gasteiger partial charge >= 0.3 is 0 Å². The lowest BCUT2D eigenvalue weighted by Crippen LogP contribution is -2.40. The number of benzene rings is 3. The zero-order valence-electron chi connectivity index (χ0n) is 19.3. The van der Waals surface area contributed by atoms with Gasteiger partial charge in [-0.05, 0) is 42.2 Å². The number of nitrogens with one attached hydrogen (secondary N) is 2. The van der Waals surface area contributed by atoms with Crippen molar-refractivity contribution >= 4 is 27.5 Å². The van der Waals surface area contributed by atoms with Crippen molar-refractivity contribution in [2.75, 3.05) is 11.0 Å². The lowest BCUT2D eigenvalue weighted by atomic mass is 9.98. The average molecular weight is 478 g/mol. The van der Waals surface area contributed by atoms with Gasteiger partial charge in [-0.3, -0.25) is 14.3 Å². The van der Waals surface area contributed by atoms with Gasteiger partial charge in [-0.2, -0.15) is 0 Å². The van der Waals surface area contributed by atoms with E-state index >= 15 is 0 Å². The van der Waals surface area contributed by atoms with Crippen molar-refractivity contribution in [3.05, 3.63) is 101 Å². The molecule has 3 aromatic rings. The Morgan fingerprint density at radius 1 is 1.00 bits per heavy atom. The van der Waals surface area contributed by atoms with Gasteiger partial charge in [0, 0.05) is 6.54 Å². The van der Waals surface area contributed by atoms with Crippen LogP contribution in [0.25, 0.3) is 0 Å². The first-order chi connectivity index (χ1) is 16.2. The molecule has 1 aliphatic heterocycles. The lowest BCUT2D eigenvalue weighted by Gasteiger charge is -2.31. The number of amides is 2. The van der Waals surface area contributed by atoms with Crippen LogP contribution in [0.5, 0.6) is 0 Å². The van der Waals surface area contributed by atoms with E-state index in [1.54, 1.807) is 24.0 Å². The van der Waals surface area contributed by atoms with Crippen LogP contribution in [0.4, 0.5) is 5.69 Å². The van der Waals surface area contributed by atoms with E-state index in [-0.39, 0.29) is 17.9 Å². The molecular formula is C26H27N3O4S. The molecule has 0 radical (unpaired) electrons. The Morgan fingerprint density at radius 3 is 2.24 bits per heavy atom. The molecule has 1 heterocycles. The van der Waals surface area contributed by atoms with Crippen molar-refractivity contribution in [1.82, 2.24) is 10.2 Å². The maximum Gasteiger partial charge on any atom is 0.256 e. The molecule has 8 heteroatoms. The lowest BCUT2D eigenvalue weighted by molar-refractivity contribution is -0.126. The van der Waals surface area contributed by atoms with E-state index in [9.17, 15) is 18.0 Å². The molecule has 176 valence electrons. The first kappa shape index (κ1) is 23.5. The molecule has 0 saturated carbocycles. The van der Waals surface area contributed by atoms with Crippen LogP contribution in [0.15, 0.2) is 72.8 Å². The standard InChI is InChI=1S/C26H27N3O4S/c1-17-22(28-34(3,32)33)15-14-21-23(17)26(31)29(18(2)20-12-8-5-9-13-20)24(21)25(30)27-16-19-10-6-4-7-11-19/h4-15,18,24,28H,16H2,1-3H3,(H,27,30)/t18?,24-/m1/s1. The van der Waals surface area contributed by atoms with Gasteiger partial charge in [0.15, 0.2) is 0 Å². The third-order valence-electron chi connectivity index (χ3n) is 6.07. The van der Waals surface area contributed by atoms with Gasteiger partial charge in [0.2, 0.25) is 15.9 Å². The molecule has 7 nitrogen and oxygen atoms in total. The molecule has 2 N–H and O–H groups in total. The molecule has 1 unspecified atom stereocenters. The second-order valence-electron chi connectivity index (χ2n) is 8.48. The molecule has 4 rings (SSSR count). The third-order valence-corrected chi connectivity index (χ3v) is 6.66. The Balaban J connectivity index is 1.75. The highest BCUT2D eigenvalue weighted by molar-refractivity contribution is 7.92. The van der Waals surface area contributed by atoms with Crippen molar-refractivity contribution in [2.45, 2.75) is 32.5 Å². The highest BCUT2D eigenvalue weighted by Gasteiger charge is 2.45. The number of rotatable bonds is 7. The van der Waals surface area contributed by atoms with E-state index in [0.29, 0.717) is 28.9 Å². The second kappa shape index (κ2) is 9.30. The van der Waals surface area contributed by atoms with Crippen molar-refractivity contribution in [3.63, 3.8) is 0 Å². The van der Waals surface area contributed by atoms with Crippen molar-refractivity contribution in [2.24, 2.45) is 0 Å². The summed E-state index contributed by atoms with van der Waals surface area (Å²) in [6.45, 7) is 3.92. The van der Waals surface area contributed by atoms with Gasteiger partial charge in [-0.1, -0.05) is 66.7 Å². The summed E-state index contributed by atoms with van der Waals surface area (Å²) in [4.78, 5) is 28.8. The minimum absolute atomic E-state index is 0.290. The minimum Gasteiger partial charge on any atom is -0.350 e. The summed E-state index contributed by atoms with van der Waals surface area (Å²) in [5, 5.41) is 2.97. The topological polar surface area (TPSA) is 95.6 Å². The summed E-state index contributed by atoms with van der Waals surface area (Å²) in [5.41, 5.74) is 3.60. The van der Waals surface area contributed by atoms with Crippen molar-refractivity contribution < 1.29 is 18.0 Å². The van der Waals surface area contributed by atoms with E-state index in [2.05, 4.69) is 10.0 Å². The van der Waals surface area contributed by atoms with Crippen LogP contribution in [0.1, 0.15) is 51.6 Å². The van der Waals surface area contributed by atoms with Crippen LogP contribution in [-0.4, -0.2) is 31.4 Å². The Morgan fingerprint density at radius 2 is 1.62 bits per heavy atom. The summed E-state index contributed by atoms with van der Waals surface area (Å²) in [6.07, 6.45) is 1.06. The fourth-order valence-electron chi connectivity index (χ4n) is 4.39. The van der Waals surface area contributed by atoms with Crippen LogP contribution in [-0.2, 0) is 21.4 Å². The molecule has 34 heavy (non-hydrogen) atoms. The molecule has 2 atom stereocenters. The molecule has 2 amide bonds. The number of sulfonamides is 1. The smallest absolute Gasteiger partial charge is 0.256 e. The van der Waals surface area contributed by atoms with E-state index in [1.165, 1.54) is 0 Å². The van der Waals surface area contributed by atoms with Crippen LogP contribution >= 0.6 is 0 Å². The first-order valence-corrected chi connectivity index (χ1v) is 12.9. The fourth-order valence-corrected chi connectivity index (χ4v) is 5.01. The van der Waals surface area contributed by atoms with Crippen LogP contribution in [0.2, 0.25) is 0 Å². The normalized spacial score (nSPS) is 16.1. The minimum atomic E-state index is -3.53. The van der Waals surface area contributed by atoms with Gasteiger partial charge in [-0.15, -0.1) is 0 Å². The zero-order chi connectivity index (χ0) is 24.5. The number of carbonyl (C=O) groups is 2. The SMILES string of the molecule is Cc1c(NS(C)(=O)=O)ccc2c1C(=O)N(C(C)c1ccccc1)[C@H]2C(=O)NCc1ccccc1. The summed E-state index contributed by atoms with van der Waals surface area (Å²) >= 11 is 0. The first-order valence-electron chi connectivity index (χ1n) is 11.0. The van der Waals surface area contributed by atoms with Crippen LogP contribution in [0, 0.1) is 6.92 Å². The van der Waals surface area contributed by atoms with E-state index in [0.717, 1.165) is 17.4 Å². The van der Waals surface area contributed by atoms with E-state index < -0.39 is 16.1 Å². The molecule has 0 spiro atoms. The fraction of sp³-hybridized carbons (Fsp3) is 0.231. The van der Waals surface area contributed by atoms with Gasteiger partial charge in [0.1, 0.15) is 6.04 Å². The number of carbonyl (C=O) groups excluding carboxylic acids is 2. The van der Waals surface area contributed by atoms with Crippen molar-refractivity contribution in [1.29, 1.82) is 0 Å². The highest BCUT2D eigenvalue weighted by Crippen LogP contribution is 2.42. The molecule has 0 fully saturated rings.